The fourth-order valence-electron chi connectivity index (χ4n) is 6.71. The Morgan fingerprint density at radius 2 is 0.873 bits per heavy atom. The van der Waals surface area contributed by atoms with E-state index in [1.54, 1.807) is 32.6 Å². The predicted octanol–water partition coefficient (Wildman–Crippen LogP) is -2.88. The van der Waals surface area contributed by atoms with Gasteiger partial charge in [0.1, 0.15) is 17.1 Å². The minimum absolute atomic E-state index is 0.0343. The molecule has 4 heterocycles. The predicted molar refractivity (Wildman–Crippen MR) is 232 cm³/mol. The zero-order valence-corrected chi connectivity index (χ0v) is 35.7. The molecule has 4 aromatic rings. The number of esters is 1. The summed E-state index contributed by atoms with van der Waals surface area (Å²) in [4.78, 5) is 41.2. The number of aliphatic imine (C=N–C) groups is 4. The van der Waals surface area contributed by atoms with E-state index in [9.17, 15) is 9.59 Å². The summed E-state index contributed by atoms with van der Waals surface area (Å²) in [6.45, 7) is 3.51. The summed E-state index contributed by atoms with van der Waals surface area (Å²) in [5, 5.41) is 35.8. The number of carbonyl (C=O) groups is 2. The van der Waals surface area contributed by atoms with Crippen molar-refractivity contribution in [2.75, 3.05) is 33.3 Å². The van der Waals surface area contributed by atoms with Crippen LogP contribution < -0.4 is 51.6 Å². The van der Waals surface area contributed by atoms with Gasteiger partial charge >= 0.3 is 5.97 Å². The summed E-state index contributed by atoms with van der Waals surface area (Å²) in [6, 6.07) is -2.35. The van der Waals surface area contributed by atoms with Gasteiger partial charge in [-0.3, -0.25) is 24.8 Å². The Kier molecular flexibility index (Phi) is 18.5. The van der Waals surface area contributed by atoms with Crippen molar-refractivity contribution in [1.82, 2.24) is 60.0 Å². The minimum Gasteiger partial charge on any atom is -0.467 e. The molecule has 0 spiro atoms. The van der Waals surface area contributed by atoms with E-state index in [0.29, 0.717) is 81.8 Å². The van der Waals surface area contributed by atoms with Gasteiger partial charge in [-0.2, -0.15) is 0 Å². The van der Waals surface area contributed by atoms with Gasteiger partial charge in [0, 0.05) is 44.7 Å². The van der Waals surface area contributed by atoms with Crippen LogP contribution in [0.3, 0.4) is 0 Å². The van der Waals surface area contributed by atoms with Crippen LogP contribution in [0.1, 0.15) is 124 Å². The van der Waals surface area contributed by atoms with Crippen LogP contribution in [0.15, 0.2) is 44.8 Å². The van der Waals surface area contributed by atoms with Crippen LogP contribution in [0.2, 0.25) is 0 Å². The van der Waals surface area contributed by atoms with Gasteiger partial charge in [0.05, 0.1) is 49.5 Å². The second-order valence-corrected chi connectivity index (χ2v) is 14.8. The van der Waals surface area contributed by atoms with Gasteiger partial charge in [0.25, 0.3) is 0 Å². The molecule has 0 unspecified atom stereocenters. The standard InChI is InChI=1S/C35H61N25O3/c1-21(7-3-13-45-32(37)38)22-17-57(53-49-22)28(11-12-30(36)61)25-19-59(55-52-25)26(8-4-14-46-33(39)40)23-18-58(54-50-23)27(9-5-15-47-34(41)42)24-20-60(56-51-24)29(31(62)63-2)10-6-16-48-35(43)44/h17-21,26-29H,3-16H2,1-2H3,(H2,36,61)(H4,37,38,45)(H4,39,40,46)(H4,41,42,47)(H4,43,44,48)/t21-,26+,27-,28+,29+/m1/s1. The third kappa shape index (κ3) is 15.2. The van der Waals surface area contributed by atoms with Crippen LogP contribution in [0.5, 0.6) is 0 Å². The van der Waals surface area contributed by atoms with Gasteiger partial charge < -0.3 is 56.3 Å². The van der Waals surface area contributed by atoms with Gasteiger partial charge in [0.2, 0.25) is 5.91 Å². The maximum atomic E-state index is 12.9. The number of amides is 1. The van der Waals surface area contributed by atoms with Gasteiger partial charge in [-0.05, 0) is 57.8 Å². The number of nitrogens with two attached hydrogens (primary N) is 9. The number of methoxy groups -OCH3 is 1. The van der Waals surface area contributed by atoms with Crippen LogP contribution in [0.25, 0.3) is 0 Å². The Hall–Kier alpha value is -7.42. The van der Waals surface area contributed by atoms with Crippen molar-refractivity contribution in [3.63, 3.8) is 0 Å². The van der Waals surface area contributed by atoms with E-state index in [1.165, 1.54) is 11.8 Å². The molecule has 0 fully saturated rings. The SMILES string of the molecule is COC(=O)[C@H](CCCN=C(N)N)n1cc([C@@H](CCCN=C(N)N)n2cc([C@H](CCCN=C(N)N)n3cc([C@H](CCC(N)=O)n4cc([C@H](C)CCCN=C(N)N)nn4)nn3)nn2)nn1. The first kappa shape index (κ1) is 48.2. The second-order valence-electron chi connectivity index (χ2n) is 14.8. The van der Waals surface area contributed by atoms with Crippen LogP contribution in [0, 0.1) is 0 Å². The van der Waals surface area contributed by atoms with Crippen molar-refractivity contribution in [2.45, 2.75) is 101 Å². The van der Waals surface area contributed by atoms with E-state index in [4.69, 9.17) is 56.3 Å². The van der Waals surface area contributed by atoms with E-state index < -0.39 is 36.0 Å². The molecule has 1 amide bonds. The van der Waals surface area contributed by atoms with E-state index in [1.807, 2.05) is 13.1 Å². The van der Waals surface area contributed by atoms with Gasteiger partial charge in [-0.1, -0.05) is 27.8 Å². The maximum Gasteiger partial charge on any atom is 0.330 e. The average molecular weight is 880 g/mol. The molecule has 4 aromatic heterocycles. The maximum absolute atomic E-state index is 12.9. The largest absolute Gasteiger partial charge is 0.467 e. The molecule has 0 bridgehead atoms. The first-order valence-electron chi connectivity index (χ1n) is 20.4. The van der Waals surface area contributed by atoms with Gasteiger partial charge in [0.15, 0.2) is 29.9 Å². The van der Waals surface area contributed by atoms with Crippen molar-refractivity contribution >= 4 is 35.7 Å². The molecule has 0 saturated heterocycles. The van der Waals surface area contributed by atoms with Crippen molar-refractivity contribution in [3.05, 3.63) is 47.6 Å². The van der Waals surface area contributed by atoms with Crippen LogP contribution in [0.4, 0.5) is 0 Å². The molecule has 0 aliphatic rings. The molecule has 344 valence electrons. The molecular weight excluding hydrogens is 819 g/mol. The van der Waals surface area contributed by atoms with E-state index in [0.717, 1.165) is 18.5 Å². The lowest BCUT2D eigenvalue weighted by Crippen LogP contribution is -2.24. The molecule has 0 aromatic carbocycles. The van der Waals surface area contributed by atoms with Gasteiger partial charge in [-0.25, -0.2) is 23.5 Å². The normalized spacial score (nSPS) is 13.6. The van der Waals surface area contributed by atoms with E-state index in [-0.39, 0.29) is 42.6 Å². The van der Waals surface area contributed by atoms with E-state index >= 15 is 0 Å². The molecule has 28 heteroatoms. The molecule has 63 heavy (non-hydrogen) atoms. The number of hydrogen-bond acceptors (Lipinski definition) is 15. The Morgan fingerprint density at radius 1 is 0.524 bits per heavy atom. The second kappa shape index (κ2) is 24.1. The van der Waals surface area contributed by atoms with Crippen LogP contribution in [-0.2, 0) is 14.3 Å². The Labute approximate surface area is 363 Å². The summed E-state index contributed by atoms with van der Waals surface area (Å²) >= 11 is 0. The lowest BCUT2D eigenvalue weighted by atomic mass is 10.0. The lowest BCUT2D eigenvalue weighted by molar-refractivity contribution is -0.145. The monoisotopic (exact) mass is 880 g/mol. The smallest absolute Gasteiger partial charge is 0.330 e. The highest BCUT2D eigenvalue weighted by Crippen LogP contribution is 2.29. The molecule has 5 atom stereocenters. The van der Waals surface area contributed by atoms with E-state index in [2.05, 4.69) is 61.2 Å². The quantitative estimate of drug-likeness (QED) is 0.0120. The molecule has 0 radical (unpaired) electrons. The molecule has 0 aliphatic carbocycles. The zero-order valence-electron chi connectivity index (χ0n) is 35.7. The molecule has 4 rings (SSSR count). The highest BCUT2D eigenvalue weighted by atomic mass is 16.5. The molecule has 0 aliphatic heterocycles. The molecule has 18 N–H and O–H groups in total. The summed E-state index contributed by atoms with van der Waals surface area (Å²) < 4.78 is 11.5. The molecule has 28 nitrogen and oxygen atoms in total. The molecule has 0 saturated carbocycles. The van der Waals surface area contributed by atoms with Crippen molar-refractivity contribution in [1.29, 1.82) is 0 Å². The minimum atomic E-state index is -0.795. The van der Waals surface area contributed by atoms with Crippen molar-refractivity contribution in [3.8, 4) is 0 Å². The van der Waals surface area contributed by atoms with Crippen LogP contribution in [-0.4, -0.2) is 129 Å². The number of aromatic nitrogens is 12. The Bertz CT molecular complexity index is 2150. The summed E-state index contributed by atoms with van der Waals surface area (Å²) in [5.41, 5.74) is 52.2. The summed E-state index contributed by atoms with van der Waals surface area (Å²) in [7, 11) is 1.30. The highest BCUT2D eigenvalue weighted by Gasteiger charge is 2.29. The first-order chi connectivity index (χ1) is 30.2. The Morgan fingerprint density at radius 3 is 1.29 bits per heavy atom. The van der Waals surface area contributed by atoms with Crippen molar-refractivity contribution in [2.24, 2.45) is 71.6 Å². The number of primary amides is 1. The highest BCUT2D eigenvalue weighted by molar-refractivity contribution is 5.77. The summed E-state index contributed by atoms with van der Waals surface area (Å²) in [5.74, 6) is -1.02. The number of nitrogens with zero attached hydrogens (tertiary/aromatic N) is 16. The van der Waals surface area contributed by atoms with Crippen LogP contribution >= 0.6 is 0 Å². The lowest BCUT2D eigenvalue weighted by Gasteiger charge is -2.16. The summed E-state index contributed by atoms with van der Waals surface area (Å²) in [6.07, 6.45) is 11.7. The number of carbonyl (C=O) groups excluding carboxylic acids is 2. The Balaban J connectivity index is 1.67. The zero-order chi connectivity index (χ0) is 45.9. The third-order valence-electron chi connectivity index (χ3n) is 9.94. The fourth-order valence-corrected chi connectivity index (χ4v) is 6.71. The van der Waals surface area contributed by atoms with Gasteiger partial charge in [-0.15, -0.1) is 20.4 Å². The molecular formula is C35H61N25O3. The number of rotatable bonds is 28. The number of hydrogen-bond donors (Lipinski definition) is 9. The van der Waals surface area contributed by atoms with Crippen molar-refractivity contribution < 1.29 is 14.3 Å². The topological polar surface area (TPSA) is 450 Å². The third-order valence-corrected chi connectivity index (χ3v) is 9.94. The average Bonchev–Trinajstić information content (AvgIpc) is 4.08. The first-order valence-corrected chi connectivity index (χ1v) is 20.4. The number of ether oxygens (including phenoxy) is 1. The fraction of sp³-hybridized carbons (Fsp3) is 0.600. The number of guanidine groups is 4.